The van der Waals surface area contributed by atoms with Crippen LogP contribution >= 0.6 is 0 Å². The summed E-state index contributed by atoms with van der Waals surface area (Å²) in [5, 5.41) is 19.5. The van der Waals surface area contributed by atoms with E-state index in [-0.39, 0.29) is 12.5 Å². The SMILES string of the molecule is C=C1CCC[C@]2(C)CC[C@@H]([C@@](C)(O)CO)C[C@@H]12. The lowest BCUT2D eigenvalue weighted by Gasteiger charge is -2.51. The molecule has 2 aliphatic carbocycles. The van der Waals surface area contributed by atoms with Crippen LogP contribution in [-0.4, -0.2) is 22.4 Å². The summed E-state index contributed by atoms with van der Waals surface area (Å²) in [6.45, 7) is 8.26. The Labute approximate surface area is 105 Å². The van der Waals surface area contributed by atoms with Gasteiger partial charge < -0.3 is 10.2 Å². The average molecular weight is 238 g/mol. The van der Waals surface area contributed by atoms with Crippen molar-refractivity contribution in [1.29, 1.82) is 0 Å². The third kappa shape index (κ3) is 2.30. The number of rotatable bonds is 2. The van der Waals surface area contributed by atoms with Gasteiger partial charge >= 0.3 is 0 Å². The summed E-state index contributed by atoms with van der Waals surface area (Å²) in [5.41, 5.74) is 0.855. The first-order valence-electron chi connectivity index (χ1n) is 6.90. The Balaban J connectivity index is 2.14. The van der Waals surface area contributed by atoms with Gasteiger partial charge in [0.25, 0.3) is 0 Å². The van der Waals surface area contributed by atoms with Gasteiger partial charge in [0, 0.05) is 0 Å². The van der Waals surface area contributed by atoms with E-state index in [4.69, 9.17) is 0 Å². The molecule has 0 radical (unpaired) electrons. The van der Waals surface area contributed by atoms with Crippen molar-refractivity contribution in [2.45, 2.75) is 58.0 Å². The fraction of sp³-hybridized carbons (Fsp3) is 0.867. The zero-order valence-electron chi connectivity index (χ0n) is 11.2. The third-order valence-electron chi connectivity index (χ3n) is 5.36. The average Bonchev–Trinajstić information content (AvgIpc) is 2.28. The van der Waals surface area contributed by atoms with Crippen molar-refractivity contribution < 1.29 is 10.2 Å². The Kier molecular flexibility index (Phi) is 3.39. The molecule has 2 rings (SSSR count). The fourth-order valence-electron chi connectivity index (χ4n) is 3.91. The van der Waals surface area contributed by atoms with Crippen LogP contribution in [0.5, 0.6) is 0 Å². The lowest BCUT2D eigenvalue weighted by Crippen LogP contribution is -2.46. The van der Waals surface area contributed by atoms with E-state index in [0.29, 0.717) is 11.3 Å². The molecule has 0 spiro atoms. The van der Waals surface area contributed by atoms with Crippen molar-refractivity contribution in [3.05, 3.63) is 12.2 Å². The summed E-state index contributed by atoms with van der Waals surface area (Å²) < 4.78 is 0. The molecule has 2 N–H and O–H groups in total. The maximum absolute atomic E-state index is 10.2. The van der Waals surface area contributed by atoms with Gasteiger partial charge in [-0.3, -0.25) is 0 Å². The number of allylic oxidation sites excluding steroid dienone is 1. The van der Waals surface area contributed by atoms with Gasteiger partial charge in [-0.05, 0) is 62.7 Å². The number of hydrogen-bond acceptors (Lipinski definition) is 2. The number of aliphatic hydroxyl groups is 2. The maximum atomic E-state index is 10.2. The van der Waals surface area contributed by atoms with Crippen LogP contribution in [0.2, 0.25) is 0 Å². The minimum absolute atomic E-state index is 0.131. The quantitative estimate of drug-likeness (QED) is 0.726. The Hall–Kier alpha value is -0.340. The lowest BCUT2D eigenvalue weighted by molar-refractivity contribution is -0.0821. The first-order chi connectivity index (χ1) is 7.89. The van der Waals surface area contributed by atoms with Gasteiger partial charge in [0.15, 0.2) is 0 Å². The molecule has 2 heteroatoms. The van der Waals surface area contributed by atoms with Crippen molar-refractivity contribution in [1.82, 2.24) is 0 Å². The Morgan fingerprint density at radius 2 is 2.18 bits per heavy atom. The van der Waals surface area contributed by atoms with Crippen molar-refractivity contribution >= 4 is 0 Å². The minimum atomic E-state index is -0.918. The molecule has 0 saturated heterocycles. The molecule has 4 atom stereocenters. The predicted octanol–water partition coefficient (Wildman–Crippen LogP) is 2.89. The molecule has 2 aliphatic rings. The molecule has 0 aliphatic heterocycles. The van der Waals surface area contributed by atoms with Crippen molar-refractivity contribution in [2.24, 2.45) is 17.3 Å². The smallest absolute Gasteiger partial charge is 0.0877 e. The van der Waals surface area contributed by atoms with Gasteiger partial charge in [-0.15, -0.1) is 0 Å². The molecule has 2 nitrogen and oxygen atoms in total. The van der Waals surface area contributed by atoms with Gasteiger partial charge in [0.05, 0.1) is 12.2 Å². The topological polar surface area (TPSA) is 40.5 Å². The third-order valence-corrected chi connectivity index (χ3v) is 5.36. The van der Waals surface area contributed by atoms with Crippen LogP contribution in [0.15, 0.2) is 12.2 Å². The second kappa shape index (κ2) is 4.40. The molecule has 98 valence electrons. The summed E-state index contributed by atoms with van der Waals surface area (Å²) in [6.07, 6.45) is 6.92. The van der Waals surface area contributed by atoms with Crippen LogP contribution in [0.25, 0.3) is 0 Å². The summed E-state index contributed by atoms with van der Waals surface area (Å²) >= 11 is 0. The largest absolute Gasteiger partial charge is 0.393 e. The molecule has 0 heterocycles. The van der Waals surface area contributed by atoms with Gasteiger partial charge in [-0.1, -0.05) is 19.1 Å². The van der Waals surface area contributed by atoms with Crippen molar-refractivity contribution in [3.8, 4) is 0 Å². The standard InChI is InChI=1S/C15H26O2/c1-11-5-4-7-14(2)8-6-12(9-13(11)14)15(3,17)10-16/h12-13,16-17H,1,4-10H2,2-3H3/t12-,13+,14-,15+/m1/s1. The normalized spacial score (nSPS) is 41.8. The van der Waals surface area contributed by atoms with E-state index >= 15 is 0 Å². The molecule has 0 bridgehead atoms. The van der Waals surface area contributed by atoms with Crippen LogP contribution in [0.3, 0.4) is 0 Å². The second-order valence-corrected chi connectivity index (χ2v) is 6.71. The second-order valence-electron chi connectivity index (χ2n) is 6.71. The fourth-order valence-corrected chi connectivity index (χ4v) is 3.91. The van der Waals surface area contributed by atoms with Crippen molar-refractivity contribution in [2.75, 3.05) is 6.61 Å². The molecule has 17 heavy (non-hydrogen) atoms. The minimum Gasteiger partial charge on any atom is -0.393 e. The highest BCUT2D eigenvalue weighted by Crippen LogP contribution is 2.54. The molecule has 0 unspecified atom stereocenters. The van der Waals surface area contributed by atoms with E-state index in [0.717, 1.165) is 25.7 Å². The molecule has 2 saturated carbocycles. The molecule has 0 aromatic heterocycles. The molecular formula is C15H26O2. The highest BCUT2D eigenvalue weighted by Gasteiger charge is 2.46. The van der Waals surface area contributed by atoms with Crippen molar-refractivity contribution in [3.63, 3.8) is 0 Å². The monoisotopic (exact) mass is 238 g/mol. The molecule has 0 aromatic carbocycles. The summed E-state index contributed by atoms with van der Waals surface area (Å²) in [5.74, 6) is 0.772. The highest BCUT2D eigenvalue weighted by molar-refractivity contribution is 5.13. The number of aliphatic hydroxyl groups excluding tert-OH is 1. The maximum Gasteiger partial charge on any atom is 0.0877 e. The van der Waals surface area contributed by atoms with Gasteiger partial charge in [-0.25, -0.2) is 0 Å². The highest BCUT2D eigenvalue weighted by atomic mass is 16.3. The van der Waals surface area contributed by atoms with E-state index in [1.54, 1.807) is 6.92 Å². The summed E-state index contributed by atoms with van der Waals surface area (Å²) in [4.78, 5) is 0. The first kappa shape index (κ1) is 13.1. The zero-order chi connectivity index (χ0) is 12.7. The number of fused-ring (bicyclic) bond motifs is 1. The van der Waals surface area contributed by atoms with E-state index in [9.17, 15) is 10.2 Å². The lowest BCUT2D eigenvalue weighted by atomic mass is 9.55. The van der Waals surface area contributed by atoms with E-state index in [1.165, 1.54) is 18.4 Å². The van der Waals surface area contributed by atoms with Crippen LogP contribution in [-0.2, 0) is 0 Å². The van der Waals surface area contributed by atoms with E-state index < -0.39 is 5.60 Å². The predicted molar refractivity (Wildman–Crippen MR) is 69.6 cm³/mol. The van der Waals surface area contributed by atoms with Gasteiger partial charge in [-0.2, -0.15) is 0 Å². The molecule has 2 fully saturated rings. The Morgan fingerprint density at radius 1 is 1.47 bits per heavy atom. The molecular weight excluding hydrogens is 212 g/mol. The Bertz CT molecular complexity index is 308. The van der Waals surface area contributed by atoms with Gasteiger partial charge in [0.1, 0.15) is 0 Å². The summed E-state index contributed by atoms with van der Waals surface area (Å²) in [6, 6.07) is 0. The van der Waals surface area contributed by atoms with Gasteiger partial charge in [0.2, 0.25) is 0 Å². The Morgan fingerprint density at radius 3 is 2.82 bits per heavy atom. The van der Waals surface area contributed by atoms with Crippen LogP contribution < -0.4 is 0 Å². The number of hydrogen-bond donors (Lipinski definition) is 2. The van der Waals surface area contributed by atoms with Crippen LogP contribution in [0.1, 0.15) is 52.4 Å². The van der Waals surface area contributed by atoms with E-state index in [1.807, 2.05) is 0 Å². The van der Waals surface area contributed by atoms with E-state index in [2.05, 4.69) is 13.5 Å². The molecule has 0 aromatic rings. The first-order valence-corrected chi connectivity index (χ1v) is 6.90. The van der Waals surface area contributed by atoms with Crippen LogP contribution in [0, 0.1) is 17.3 Å². The zero-order valence-corrected chi connectivity index (χ0v) is 11.2. The summed E-state index contributed by atoms with van der Waals surface area (Å²) in [7, 11) is 0. The van der Waals surface area contributed by atoms with Crippen LogP contribution in [0.4, 0.5) is 0 Å². The molecule has 0 amide bonds.